The number of hydrogen-bond donors (Lipinski definition) is 1. The Morgan fingerprint density at radius 3 is 3.00 bits per heavy atom. The first-order valence-electron chi connectivity index (χ1n) is 4.72. The van der Waals surface area contributed by atoms with E-state index in [-0.39, 0.29) is 5.70 Å². The highest BCUT2D eigenvalue weighted by molar-refractivity contribution is 5.58. The second-order valence-corrected chi connectivity index (χ2v) is 3.33. The fourth-order valence-electron chi connectivity index (χ4n) is 1.50. The minimum absolute atomic E-state index is 0.00593. The van der Waals surface area contributed by atoms with Crippen LogP contribution in [0.2, 0.25) is 0 Å². The van der Waals surface area contributed by atoms with Crippen LogP contribution in [0.5, 0.6) is 0 Å². The monoisotopic (exact) mass is 218 g/mol. The molecule has 2 rings (SSSR count). The molecule has 5 heteroatoms. The van der Waals surface area contributed by atoms with Crippen LogP contribution >= 0.6 is 0 Å². The van der Waals surface area contributed by atoms with Gasteiger partial charge in [0.15, 0.2) is 0 Å². The Labute approximate surface area is 91.7 Å². The van der Waals surface area contributed by atoms with Gasteiger partial charge in [-0.25, -0.2) is 0 Å². The number of rotatable bonds is 2. The van der Waals surface area contributed by atoms with Crippen molar-refractivity contribution in [2.45, 2.75) is 6.04 Å². The smallest absolute Gasteiger partial charge is 0.274 e. The predicted molar refractivity (Wildman–Crippen MR) is 58.9 cm³/mol. The summed E-state index contributed by atoms with van der Waals surface area (Å²) in [6, 6.07) is 2.96. The number of allylic oxidation sites excluding steroid dienone is 2. The molecule has 16 heavy (non-hydrogen) atoms. The maximum Gasteiger partial charge on any atom is 0.274 e. The van der Waals surface area contributed by atoms with E-state index >= 15 is 0 Å². The SMILES string of the molecule is NC1C=CC=C([N+](=O)[O-])C1=Cc1ccco1. The van der Waals surface area contributed by atoms with Gasteiger partial charge in [-0.3, -0.25) is 10.1 Å². The summed E-state index contributed by atoms with van der Waals surface area (Å²) in [5.41, 5.74) is 6.23. The van der Waals surface area contributed by atoms with Crippen LogP contribution < -0.4 is 5.73 Å². The molecule has 1 heterocycles. The lowest BCUT2D eigenvalue weighted by Gasteiger charge is -2.12. The second kappa shape index (κ2) is 4.16. The van der Waals surface area contributed by atoms with Crippen molar-refractivity contribution in [2.24, 2.45) is 5.73 Å². The molecule has 5 nitrogen and oxygen atoms in total. The minimum atomic E-state index is -0.476. The van der Waals surface area contributed by atoms with Crippen molar-refractivity contribution in [2.75, 3.05) is 0 Å². The van der Waals surface area contributed by atoms with E-state index in [1.54, 1.807) is 30.4 Å². The average molecular weight is 218 g/mol. The minimum Gasteiger partial charge on any atom is -0.465 e. The summed E-state index contributed by atoms with van der Waals surface area (Å²) >= 11 is 0. The standard InChI is InChI=1S/C11H10N2O3/c12-10-4-1-5-11(13(14)15)9(10)7-8-3-2-6-16-8/h1-7,10H,12H2. The van der Waals surface area contributed by atoms with Crippen molar-refractivity contribution in [3.05, 3.63) is 63.8 Å². The Morgan fingerprint density at radius 2 is 2.38 bits per heavy atom. The first-order valence-corrected chi connectivity index (χ1v) is 4.72. The zero-order valence-electron chi connectivity index (χ0n) is 8.37. The Morgan fingerprint density at radius 1 is 1.56 bits per heavy atom. The molecule has 0 radical (unpaired) electrons. The molecule has 0 bridgehead atoms. The lowest BCUT2D eigenvalue weighted by Crippen LogP contribution is -2.25. The van der Waals surface area contributed by atoms with E-state index in [2.05, 4.69) is 0 Å². The topological polar surface area (TPSA) is 82.3 Å². The van der Waals surface area contributed by atoms with E-state index in [0.29, 0.717) is 11.3 Å². The quantitative estimate of drug-likeness (QED) is 0.605. The zero-order chi connectivity index (χ0) is 11.5. The lowest BCUT2D eigenvalue weighted by molar-refractivity contribution is -0.421. The van der Waals surface area contributed by atoms with E-state index in [4.69, 9.17) is 10.2 Å². The molecular weight excluding hydrogens is 208 g/mol. The molecule has 0 saturated carbocycles. The molecule has 0 spiro atoms. The Hall–Kier alpha value is -2.14. The molecule has 0 amide bonds. The van der Waals surface area contributed by atoms with Crippen LogP contribution in [-0.2, 0) is 0 Å². The highest BCUT2D eigenvalue weighted by Gasteiger charge is 2.24. The fraction of sp³-hybridized carbons (Fsp3) is 0.0909. The van der Waals surface area contributed by atoms with Gasteiger partial charge in [0.25, 0.3) is 5.70 Å². The van der Waals surface area contributed by atoms with Crippen molar-refractivity contribution in [1.82, 2.24) is 0 Å². The normalized spacial score (nSPS) is 22.2. The van der Waals surface area contributed by atoms with Crippen molar-refractivity contribution in [1.29, 1.82) is 0 Å². The third-order valence-electron chi connectivity index (χ3n) is 2.27. The van der Waals surface area contributed by atoms with Crippen LogP contribution in [0.15, 0.2) is 52.3 Å². The summed E-state index contributed by atoms with van der Waals surface area (Å²) in [5.74, 6) is 0.550. The predicted octanol–water partition coefficient (Wildman–Crippen LogP) is 1.72. The molecule has 1 aliphatic carbocycles. The maximum atomic E-state index is 10.8. The first kappa shape index (κ1) is 10.4. The number of hydrogen-bond acceptors (Lipinski definition) is 4. The lowest BCUT2D eigenvalue weighted by atomic mass is 9.98. The van der Waals surface area contributed by atoms with Gasteiger partial charge >= 0.3 is 0 Å². The van der Waals surface area contributed by atoms with Crippen molar-refractivity contribution >= 4 is 6.08 Å². The second-order valence-electron chi connectivity index (χ2n) is 3.33. The Balaban J connectivity index is 2.41. The van der Waals surface area contributed by atoms with Crippen LogP contribution in [0.4, 0.5) is 0 Å². The summed E-state index contributed by atoms with van der Waals surface area (Å²) in [4.78, 5) is 10.4. The largest absolute Gasteiger partial charge is 0.465 e. The first-order chi connectivity index (χ1) is 7.68. The van der Waals surface area contributed by atoms with Gasteiger partial charge < -0.3 is 10.2 Å². The van der Waals surface area contributed by atoms with Crippen molar-refractivity contribution in [3.63, 3.8) is 0 Å². The molecule has 82 valence electrons. The number of nitrogens with zero attached hydrogens (tertiary/aromatic N) is 1. The van der Waals surface area contributed by atoms with Gasteiger partial charge in [-0.2, -0.15) is 0 Å². The summed E-state index contributed by atoms with van der Waals surface area (Å²) < 4.78 is 5.11. The van der Waals surface area contributed by atoms with Crippen molar-refractivity contribution < 1.29 is 9.34 Å². The zero-order valence-corrected chi connectivity index (χ0v) is 8.37. The van der Waals surface area contributed by atoms with Crippen LogP contribution in [-0.4, -0.2) is 11.0 Å². The molecule has 0 aliphatic heterocycles. The molecule has 2 N–H and O–H groups in total. The average Bonchev–Trinajstić information content (AvgIpc) is 2.73. The molecule has 1 unspecified atom stereocenters. The molecule has 1 atom stereocenters. The fourth-order valence-corrected chi connectivity index (χ4v) is 1.50. The summed E-state index contributed by atoms with van der Waals surface area (Å²) in [5, 5.41) is 10.8. The van der Waals surface area contributed by atoms with E-state index in [9.17, 15) is 10.1 Å². The van der Waals surface area contributed by atoms with Crippen LogP contribution in [0.3, 0.4) is 0 Å². The molecule has 1 aromatic rings. The third-order valence-corrected chi connectivity index (χ3v) is 2.27. The van der Waals surface area contributed by atoms with Gasteiger partial charge in [0.05, 0.1) is 22.8 Å². The molecule has 0 aromatic carbocycles. The van der Waals surface area contributed by atoms with E-state index in [1.807, 2.05) is 0 Å². The summed E-state index contributed by atoms with van der Waals surface area (Å²) in [6.45, 7) is 0. The van der Waals surface area contributed by atoms with Crippen LogP contribution in [0.1, 0.15) is 5.76 Å². The number of nitrogens with two attached hydrogens (primary N) is 1. The number of nitro groups is 1. The van der Waals surface area contributed by atoms with E-state index < -0.39 is 11.0 Å². The van der Waals surface area contributed by atoms with E-state index in [0.717, 1.165) is 0 Å². The third kappa shape index (κ3) is 1.94. The molecule has 0 saturated heterocycles. The van der Waals surface area contributed by atoms with Crippen LogP contribution in [0, 0.1) is 10.1 Å². The molecule has 1 aliphatic rings. The number of furan rings is 1. The molecule has 1 aromatic heterocycles. The molecular formula is C11H10N2O3. The summed E-state index contributed by atoms with van der Waals surface area (Å²) in [7, 11) is 0. The summed E-state index contributed by atoms with van der Waals surface area (Å²) in [6.07, 6.45) is 7.80. The highest BCUT2D eigenvalue weighted by atomic mass is 16.6. The van der Waals surface area contributed by atoms with Gasteiger partial charge in [-0.05, 0) is 18.2 Å². The van der Waals surface area contributed by atoms with E-state index in [1.165, 1.54) is 12.3 Å². The van der Waals surface area contributed by atoms with Gasteiger partial charge in [-0.1, -0.05) is 12.2 Å². The maximum absolute atomic E-state index is 10.8. The van der Waals surface area contributed by atoms with Crippen LogP contribution in [0.25, 0.3) is 6.08 Å². The van der Waals surface area contributed by atoms with Gasteiger partial charge in [0.2, 0.25) is 0 Å². The van der Waals surface area contributed by atoms with Crippen molar-refractivity contribution in [3.8, 4) is 0 Å². The van der Waals surface area contributed by atoms with Gasteiger partial charge in [0, 0.05) is 6.08 Å². The Bertz CT molecular complexity index is 483. The molecule has 0 fully saturated rings. The Kier molecular flexibility index (Phi) is 2.70. The van der Waals surface area contributed by atoms with Gasteiger partial charge in [-0.15, -0.1) is 0 Å². The highest BCUT2D eigenvalue weighted by Crippen LogP contribution is 2.22. The van der Waals surface area contributed by atoms with Gasteiger partial charge in [0.1, 0.15) is 5.76 Å².